The second kappa shape index (κ2) is 6.51. The number of hydrogen-bond acceptors (Lipinski definition) is 4. The van der Waals surface area contributed by atoms with Crippen LogP contribution in [0.2, 0.25) is 0 Å². The van der Waals surface area contributed by atoms with Crippen molar-refractivity contribution in [1.29, 1.82) is 0 Å². The summed E-state index contributed by atoms with van der Waals surface area (Å²) in [5, 5.41) is 17.8. The van der Waals surface area contributed by atoms with E-state index in [0.29, 0.717) is 5.69 Å². The van der Waals surface area contributed by atoms with E-state index < -0.39 is 12.0 Å². The van der Waals surface area contributed by atoms with Gasteiger partial charge in [-0.3, -0.25) is 14.5 Å². The molecule has 0 aliphatic rings. The lowest BCUT2D eigenvalue weighted by Crippen LogP contribution is -2.31. The first-order chi connectivity index (χ1) is 10.0. The van der Waals surface area contributed by atoms with Crippen LogP contribution in [-0.4, -0.2) is 31.9 Å². The van der Waals surface area contributed by atoms with Crippen LogP contribution in [0.5, 0.6) is 0 Å². The monoisotopic (exact) mass is 289 g/mol. The molecule has 0 fully saturated rings. The molecule has 21 heavy (non-hydrogen) atoms. The van der Waals surface area contributed by atoms with Crippen LogP contribution in [0.1, 0.15) is 18.5 Å². The molecule has 8 heteroatoms. The summed E-state index contributed by atoms with van der Waals surface area (Å²) in [7, 11) is 0. The van der Waals surface area contributed by atoms with Gasteiger partial charge in [0.25, 0.3) is 0 Å². The number of carbonyl (C=O) groups is 2. The Labute approximate surface area is 120 Å². The van der Waals surface area contributed by atoms with E-state index in [-0.39, 0.29) is 12.6 Å². The largest absolute Gasteiger partial charge is 0.480 e. The summed E-state index contributed by atoms with van der Waals surface area (Å²) in [5.41, 5.74) is 1.31. The zero-order valence-electron chi connectivity index (χ0n) is 11.4. The predicted molar refractivity (Wildman–Crippen MR) is 74.7 cm³/mol. The van der Waals surface area contributed by atoms with Gasteiger partial charge in [-0.25, -0.2) is 4.79 Å². The Bertz CT molecular complexity index is 626. The zero-order chi connectivity index (χ0) is 15.2. The average molecular weight is 289 g/mol. The van der Waals surface area contributed by atoms with Gasteiger partial charge < -0.3 is 15.7 Å². The number of carboxylic acids is 1. The quantitative estimate of drug-likeness (QED) is 0.767. The summed E-state index contributed by atoms with van der Waals surface area (Å²) in [5.74, 6) is -1.00. The van der Waals surface area contributed by atoms with Crippen molar-refractivity contribution in [3.05, 3.63) is 42.5 Å². The first-order valence-electron chi connectivity index (χ1n) is 6.26. The van der Waals surface area contributed by atoms with Gasteiger partial charge in [-0.2, -0.15) is 5.10 Å². The molecule has 2 aromatic heterocycles. The molecule has 0 aromatic carbocycles. The van der Waals surface area contributed by atoms with Crippen molar-refractivity contribution in [3.63, 3.8) is 0 Å². The molecule has 0 aliphatic carbocycles. The molecule has 2 aromatic rings. The lowest BCUT2D eigenvalue weighted by atomic mass is 10.1. The molecule has 0 bridgehead atoms. The first kappa shape index (κ1) is 14.5. The van der Waals surface area contributed by atoms with Gasteiger partial charge in [0.2, 0.25) is 0 Å². The van der Waals surface area contributed by atoms with Gasteiger partial charge in [0.05, 0.1) is 17.9 Å². The van der Waals surface area contributed by atoms with E-state index in [4.69, 9.17) is 5.11 Å². The van der Waals surface area contributed by atoms with Gasteiger partial charge in [0.1, 0.15) is 6.54 Å². The number of nitrogens with zero attached hydrogens (tertiary/aromatic N) is 3. The van der Waals surface area contributed by atoms with Crippen LogP contribution in [0, 0.1) is 0 Å². The fourth-order valence-electron chi connectivity index (χ4n) is 1.73. The second-order valence-corrected chi connectivity index (χ2v) is 4.43. The first-order valence-corrected chi connectivity index (χ1v) is 6.26. The summed E-state index contributed by atoms with van der Waals surface area (Å²) < 4.78 is 1.22. The number of amides is 2. The topological polar surface area (TPSA) is 109 Å². The number of anilines is 1. The minimum absolute atomic E-state index is 0.201. The Hall–Kier alpha value is -2.90. The third kappa shape index (κ3) is 4.30. The molecule has 0 saturated carbocycles. The zero-order valence-corrected chi connectivity index (χ0v) is 11.4. The molecule has 2 rings (SSSR count). The molecule has 0 spiro atoms. The molecule has 2 heterocycles. The second-order valence-electron chi connectivity index (χ2n) is 4.43. The van der Waals surface area contributed by atoms with Crippen molar-refractivity contribution in [3.8, 4) is 0 Å². The maximum absolute atomic E-state index is 11.8. The average Bonchev–Trinajstić information content (AvgIpc) is 2.85. The highest BCUT2D eigenvalue weighted by Crippen LogP contribution is 2.10. The van der Waals surface area contributed by atoms with Gasteiger partial charge in [-0.1, -0.05) is 6.07 Å². The van der Waals surface area contributed by atoms with Crippen molar-refractivity contribution in [2.24, 2.45) is 0 Å². The smallest absolute Gasteiger partial charge is 0.325 e. The molecule has 1 atom stereocenters. The van der Waals surface area contributed by atoms with Crippen LogP contribution < -0.4 is 10.6 Å². The highest BCUT2D eigenvalue weighted by atomic mass is 16.4. The molecule has 1 unspecified atom stereocenters. The van der Waals surface area contributed by atoms with E-state index in [1.807, 2.05) is 13.0 Å². The van der Waals surface area contributed by atoms with Crippen molar-refractivity contribution in [1.82, 2.24) is 20.1 Å². The highest BCUT2D eigenvalue weighted by Gasteiger charge is 2.10. The van der Waals surface area contributed by atoms with Gasteiger partial charge in [-0.15, -0.1) is 0 Å². The number of rotatable bonds is 5. The molecular formula is C13H15N5O3. The van der Waals surface area contributed by atoms with E-state index >= 15 is 0 Å². The lowest BCUT2D eigenvalue weighted by molar-refractivity contribution is -0.137. The summed E-state index contributed by atoms with van der Waals surface area (Å²) >= 11 is 0. The lowest BCUT2D eigenvalue weighted by Gasteiger charge is -2.13. The number of nitrogens with one attached hydrogen (secondary N) is 2. The van der Waals surface area contributed by atoms with Crippen molar-refractivity contribution in [2.75, 3.05) is 5.32 Å². The standard InChI is InChI=1S/C13H15N5O3/c1-9(10-3-2-4-14-5-10)16-13(21)17-11-6-15-18(7-11)8-12(19)20/h2-7,9H,8H2,1H3,(H,19,20)(H2,16,17,21). The predicted octanol–water partition coefficient (Wildman–Crippen LogP) is 1.25. The SMILES string of the molecule is CC(NC(=O)Nc1cnn(CC(=O)O)c1)c1cccnc1. The summed E-state index contributed by atoms with van der Waals surface area (Å²) in [6, 6.07) is 3.05. The van der Waals surface area contributed by atoms with Gasteiger partial charge in [-0.05, 0) is 18.6 Å². The fourth-order valence-corrected chi connectivity index (χ4v) is 1.73. The van der Waals surface area contributed by atoms with Crippen LogP contribution in [0.25, 0.3) is 0 Å². The number of urea groups is 1. The Morgan fingerprint density at radius 3 is 2.90 bits per heavy atom. The van der Waals surface area contributed by atoms with E-state index in [1.165, 1.54) is 17.1 Å². The van der Waals surface area contributed by atoms with Crippen LogP contribution >= 0.6 is 0 Å². The normalized spacial score (nSPS) is 11.7. The van der Waals surface area contributed by atoms with Crippen LogP contribution in [0.4, 0.5) is 10.5 Å². The van der Waals surface area contributed by atoms with Crippen molar-refractivity contribution in [2.45, 2.75) is 19.5 Å². The molecular weight excluding hydrogens is 274 g/mol. The number of aliphatic carboxylic acids is 1. The number of carboxylic acid groups (broad SMARTS) is 1. The van der Waals surface area contributed by atoms with Crippen molar-refractivity contribution < 1.29 is 14.7 Å². The molecule has 110 valence electrons. The molecule has 0 aliphatic heterocycles. The molecule has 3 N–H and O–H groups in total. The van der Waals surface area contributed by atoms with E-state index in [2.05, 4.69) is 20.7 Å². The molecule has 0 radical (unpaired) electrons. The van der Waals surface area contributed by atoms with Crippen LogP contribution in [-0.2, 0) is 11.3 Å². The molecule has 8 nitrogen and oxygen atoms in total. The minimum Gasteiger partial charge on any atom is -0.480 e. The van der Waals surface area contributed by atoms with Crippen LogP contribution in [0.15, 0.2) is 36.9 Å². The summed E-state index contributed by atoms with van der Waals surface area (Å²) in [6.07, 6.45) is 6.17. The van der Waals surface area contributed by atoms with Gasteiger partial charge in [0, 0.05) is 18.6 Å². The maximum atomic E-state index is 11.8. The Kier molecular flexibility index (Phi) is 4.50. The Morgan fingerprint density at radius 2 is 2.24 bits per heavy atom. The third-order valence-electron chi connectivity index (χ3n) is 2.72. The van der Waals surface area contributed by atoms with Gasteiger partial charge >= 0.3 is 12.0 Å². The molecule has 2 amide bonds. The van der Waals surface area contributed by atoms with Crippen molar-refractivity contribution >= 4 is 17.7 Å². The number of hydrogen-bond donors (Lipinski definition) is 3. The van der Waals surface area contributed by atoms with E-state index in [1.54, 1.807) is 18.5 Å². The molecule has 0 saturated heterocycles. The number of pyridine rings is 1. The highest BCUT2D eigenvalue weighted by molar-refractivity contribution is 5.89. The Morgan fingerprint density at radius 1 is 1.43 bits per heavy atom. The number of aromatic nitrogens is 3. The summed E-state index contributed by atoms with van der Waals surface area (Å²) in [4.78, 5) is 26.4. The summed E-state index contributed by atoms with van der Waals surface area (Å²) in [6.45, 7) is 1.58. The fraction of sp³-hybridized carbons (Fsp3) is 0.231. The Balaban J connectivity index is 1.89. The maximum Gasteiger partial charge on any atom is 0.325 e. The third-order valence-corrected chi connectivity index (χ3v) is 2.72. The minimum atomic E-state index is -1.00. The van der Waals surface area contributed by atoms with Gasteiger partial charge in [0.15, 0.2) is 0 Å². The van der Waals surface area contributed by atoms with E-state index in [9.17, 15) is 9.59 Å². The number of carbonyl (C=O) groups excluding carboxylic acids is 1. The van der Waals surface area contributed by atoms with Crippen LogP contribution in [0.3, 0.4) is 0 Å². The van der Waals surface area contributed by atoms with E-state index in [0.717, 1.165) is 5.56 Å².